The average molecular weight is 340 g/mol. The molecule has 1 N–H and O–H groups in total. The highest BCUT2D eigenvalue weighted by molar-refractivity contribution is 7.80. The van der Waals surface area contributed by atoms with Gasteiger partial charge in [-0.2, -0.15) is 0 Å². The van der Waals surface area contributed by atoms with Gasteiger partial charge in [-0.15, -0.1) is 0 Å². The Balaban J connectivity index is 2.05. The molecule has 0 unspecified atom stereocenters. The van der Waals surface area contributed by atoms with E-state index in [1.165, 1.54) is 11.0 Å². The van der Waals surface area contributed by atoms with Crippen molar-refractivity contribution in [3.8, 4) is 0 Å². The van der Waals surface area contributed by atoms with Gasteiger partial charge in [-0.3, -0.25) is 19.8 Å². The van der Waals surface area contributed by atoms with Crippen LogP contribution in [0.3, 0.4) is 0 Å². The summed E-state index contributed by atoms with van der Waals surface area (Å²) in [5.74, 6) is 0.407. The van der Waals surface area contributed by atoms with E-state index in [1.54, 1.807) is 19.1 Å². The summed E-state index contributed by atoms with van der Waals surface area (Å²) in [5.41, 5.74) is 2.33. The minimum absolute atomic E-state index is 0.0222. The molecule has 1 aromatic carbocycles. The number of amides is 2. The average Bonchev–Trinajstić information content (AvgIpc) is 2.81. The molecule has 2 aromatic rings. The summed E-state index contributed by atoms with van der Waals surface area (Å²) in [6.07, 6.45) is 1.54. The Morgan fingerprint density at radius 3 is 2.54 bits per heavy atom. The van der Waals surface area contributed by atoms with Crippen LogP contribution in [0, 0.1) is 20.8 Å². The summed E-state index contributed by atoms with van der Waals surface area (Å²) in [7, 11) is 0. The molecule has 1 saturated heterocycles. The molecule has 1 aliphatic rings. The lowest BCUT2D eigenvalue weighted by molar-refractivity contribution is -0.122. The Morgan fingerprint density at radius 1 is 1.17 bits per heavy atom. The van der Waals surface area contributed by atoms with Crippen molar-refractivity contribution in [2.45, 2.75) is 20.8 Å². The topological polar surface area (TPSA) is 62.6 Å². The third-order valence-corrected chi connectivity index (χ3v) is 4.03. The maximum Gasteiger partial charge on any atom is 0.270 e. The van der Waals surface area contributed by atoms with Gasteiger partial charge in [0.1, 0.15) is 17.1 Å². The number of carbonyl (C=O) groups is 2. The van der Waals surface area contributed by atoms with Gasteiger partial charge in [-0.25, -0.2) is 0 Å². The number of anilines is 1. The van der Waals surface area contributed by atoms with Gasteiger partial charge in [-0.1, -0.05) is 12.1 Å². The molecule has 0 saturated carbocycles. The van der Waals surface area contributed by atoms with Gasteiger partial charge in [0, 0.05) is 5.56 Å². The number of aryl methyl sites for hydroxylation is 3. The van der Waals surface area contributed by atoms with Crippen LogP contribution in [0.5, 0.6) is 0 Å². The molecule has 0 bridgehead atoms. The van der Waals surface area contributed by atoms with Crippen molar-refractivity contribution in [2.75, 3.05) is 4.90 Å². The molecule has 1 aromatic heterocycles. The zero-order valence-corrected chi connectivity index (χ0v) is 14.4. The van der Waals surface area contributed by atoms with Gasteiger partial charge in [0.2, 0.25) is 0 Å². The summed E-state index contributed by atoms with van der Waals surface area (Å²) in [6, 6.07) is 9.16. The Kier molecular flexibility index (Phi) is 4.07. The van der Waals surface area contributed by atoms with Gasteiger partial charge in [-0.05, 0) is 62.8 Å². The highest BCUT2D eigenvalue weighted by atomic mass is 32.1. The van der Waals surface area contributed by atoms with Crippen LogP contribution in [0.25, 0.3) is 6.08 Å². The number of nitrogens with zero attached hydrogens (tertiary/aromatic N) is 1. The number of furan rings is 1. The normalized spacial score (nSPS) is 16.7. The van der Waals surface area contributed by atoms with Gasteiger partial charge < -0.3 is 4.42 Å². The lowest BCUT2D eigenvalue weighted by Gasteiger charge is -2.29. The maximum atomic E-state index is 12.9. The molecule has 6 heteroatoms. The first-order valence-electron chi connectivity index (χ1n) is 7.42. The van der Waals surface area contributed by atoms with Crippen LogP contribution in [0.2, 0.25) is 0 Å². The van der Waals surface area contributed by atoms with E-state index in [0.717, 1.165) is 5.56 Å². The molecular weight excluding hydrogens is 324 g/mol. The van der Waals surface area contributed by atoms with Crippen molar-refractivity contribution in [3.05, 3.63) is 58.6 Å². The molecule has 1 aliphatic heterocycles. The Labute approximate surface area is 144 Å². The second-order valence-electron chi connectivity index (χ2n) is 5.67. The lowest BCUT2D eigenvalue weighted by Crippen LogP contribution is -2.54. The third kappa shape index (κ3) is 2.88. The Hall–Kier alpha value is -2.73. The van der Waals surface area contributed by atoms with E-state index < -0.39 is 11.8 Å². The Morgan fingerprint density at radius 2 is 1.92 bits per heavy atom. The van der Waals surface area contributed by atoms with Crippen LogP contribution < -0.4 is 10.2 Å². The fourth-order valence-corrected chi connectivity index (χ4v) is 2.89. The van der Waals surface area contributed by atoms with E-state index in [2.05, 4.69) is 5.32 Å². The molecule has 122 valence electrons. The molecule has 0 aliphatic carbocycles. The summed E-state index contributed by atoms with van der Waals surface area (Å²) in [4.78, 5) is 26.4. The highest BCUT2D eigenvalue weighted by Crippen LogP contribution is 2.24. The predicted molar refractivity (Wildman–Crippen MR) is 95.6 cm³/mol. The second-order valence-corrected chi connectivity index (χ2v) is 6.05. The maximum absolute atomic E-state index is 12.9. The van der Waals surface area contributed by atoms with Crippen LogP contribution in [-0.2, 0) is 9.59 Å². The van der Waals surface area contributed by atoms with Gasteiger partial charge in [0.05, 0.1) is 5.69 Å². The minimum atomic E-state index is -0.507. The number of benzene rings is 1. The molecule has 1 fully saturated rings. The standard InChI is InChI=1S/C18H16N2O3S/c1-10-5-4-6-14(7-10)20-17(22)15(16(21)19-18(20)24)9-13-8-11(2)23-12(13)3/h4-9H,1-3H3,(H,19,21,24)/b15-9+. The zero-order valence-electron chi connectivity index (χ0n) is 13.5. The van der Waals surface area contributed by atoms with Crippen LogP contribution >= 0.6 is 12.2 Å². The highest BCUT2D eigenvalue weighted by Gasteiger charge is 2.34. The van der Waals surface area contributed by atoms with Crippen LogP contribution in [0.15, 0.2) is 40.3 Å². The minimum Gasteiger partial charge on any atom is -0.466 e. The number of rotatable bonds is 2. The molecule has 0 radical (unpaired) electrons. The predicted octanol–water partition coefficient (Wildman–Crippen LogP) is 3.04. The van der Waals surface area contributed by atoms with Crippen LogP contribution in [-0.4, -0.2) is 16.9 Å². The summed E-state index contributed by atoms with van der Waals surface area (Å²) < 4.78 is 5.45. The van der Waals surface area contributed by atoms with Crippen molar-refractivity contribution in [3.63, 3.8) is 0 Å². The van der Waals surface area contributed by atoms with Gasteiger partial charge in [0.25, 0.3) is 11.8 Å². The van der Waals surface area contributed by atoms with Gasteiger partial charge in [0.15, 0.2) is 5.11 Å². The number of nitrogens with one attached hydrogen (secondary N) is 1. The van der Waals surface area contributed by atoms with Gasteiger partial charge >= 0.3 is 0 Å². The third-order valence-electron chi connectivity index (χ3n) is 3.74. The lowest BCUT2D eigenvalue weighted by atomic mass is 10.1. The first kappa shape index (κ1) is 16.1. The number of thiocarbonyl (C=S) groups is 1. The van der Waals surface area contributed by atoms with Crippen LogP contribution in [0.1, 0.15) is 22.6 Å². The first-order chi connectivity index (χ1) is 11.4. The monoisotopic (exact) mass is 340 g/mol. The molecule has 0 spiro atoms. The fraction of sp³-hybridized carbons (Fsp3) is 0.167. The summed E-state index contributed by atoms with van der Waals surface area (Å²) in [6.45, 7) is 5.52. The van der Waals surface area contributed by atoms with Crippen molar-refractivity contribution < 1.29 is 14.0 Å². The number of hydrogen-bond acceptors (Lipinski definition) is 4. The molecule has 24 heavy (non-hydrogen) atoms. The smallest absolute Gasteiger partial charge is 0.270 e. The van der Waals surface area contributed by atoms with Crippen molar-refractivity contribution >= 4 is 40.9 Å². The van der Waals surface area contributed by atoms with Crippen LogP contribution in [0.4, 0.5) is 5.69 Å². The number of hydrogen-bond donors (Lipinski definition) is 1. The molecular formula is C18H16N2O3S. The SMILES string of the molecule is Cc1cccc(N2C(=O)/C(=C/c3cc(C)oc3C)C(=O)NC2=S)c1. The summed E-state index contributed by atoms with van der Waals surface area (Å²) >= 11 is 5.18. The van der Waals surface area contributed by atoms with Crippen molar-refractivity contribution in [2.24, 2.45) is 0 Å². The van der Waals surface area contributed by atoms with E-state index in [9.17, 15) is 9.59 Å². The van der Waals surface area contributed by atoms with E-state index in [0.29, 0.717) is 22.8 Å². The second kappa shape index (κ2) is 6.05. The van der Waals surface area contributed by atoms with Crippen molar-refractivity contribution in [1.29, 1.82) is 0 Å². The first-order valence-corrected chi connectivity index (χ1v) is 7.83. The van der Waals surface area contributed by atoms with E-state index in [-0.39, 0.29) is 10.7 Å². The molecule has 3 rings (SSSR count). The van der Waals surface area contributed by atoms with Crippen molar-refractivity contribution in [1.82, 2.24) is 5.32 Å². The quantitative estimate of drug-likeness (QED) is 0.518. The number of carbonyl (C=O) groups excluding carboxylic acids is 2. The zero-order chi connectivity index (χ0) is 17.4. The summed E-state index contributed by atoms with van der Waals surface area (Å²) in [5, 5.41) is 2.65. The fourth-order valence-electron chi connectivity index (χ4n) is 2.61. The molecule has 5 nitrogen and oxygen atoms in total. The molecule has 2 heterocycles. The van der Waals surface area contributed by atoms with E-state index >= 15 is 0 Å². The largest absolute Gasteiger partial charge is 0.466 e. The Bertz CT molecular complexity index is 895. The molecule has 0 atom stereocenters. The molecule has 2 amide bonds. The van der Waals surface area contributed by atoms with E-state index in [4.69, 9.17) is 16.6 Å². The van der Waals surface area contributed by atoms with E-state index in [1.807, 2.05) is 32.0 Å².